The second-order valence-corrected chi connectivity index (χ2v) is 9.88. The topological polar surface area (TPSA) is 58.1 Å². The van der Waals surface area contributed by atoms with Crippen molar-refractivity contribution in [2.24, 2.45) is 5.92 Å². The number of halogens is 1. The molecule has 154 valence electrons. The molecule has 1 saturated carbocycles. The molecule has 0 spiro atoms. The Morgan fingerprint density at radius 1 is 1.27 bits per heavy atom. The van der Waals surface area contributed by atoms with E-state index in [4.69, 9.17) is 11.6 Å². The van der Waals surface area contributed by atoms with Crippen LogP contribution >= 0.6 is 22.9 Å². The van der Waals surface area contributed by atoms with Gasteiger partial charge in [0.05, 0.1) is 20.4 Å². The van der Waals surface area contributed by atoms with Gasteiger partial charge in [-0.15, -0.1) is 11.3 Å². The number of thiazole rings is 1. The van der Waals surface area contributed by atoms with Crippen LogP contribution in [0.15, 0.2) is 48.7 Å². The Kier molecular flexibility index (Phi) is 4.99. The lowest BCUT2D eigenvalue weighted by Gasteiger charge is -2.59. The number of piperidine rings is 2. The zero-order chi connectivity index (χ0) is 20.7. The number of amides is 1. The van der Waals surface area contributed by atoms with Crippen molar-refractivity contribution in [1.82, 2.24) is 14.9 Å². The molecule has 7 heteroatoms. The predicted molar refractivity (Wildman–Crippen MR) is 121 cm³/mol. The van der Waals surface area contributed by atoms with Crippen LogP contribution in [0.5, 0.6) is 0 Å². The van der Waals surface area contributed by atoms with Crippen LogP contribution in [0.25, 0.3) is 10.4 Å². The van der Waals surface area contributed by atoms with Crippen LogP contribution in [0.2, 0.25) is 5.02 Å². The van der Waals surface area contributed by atoms with E-state index in [1.54, 1.807) is 17.5 Å². The van der Waals surface area contributed by atoms with Crippen molar-refractivity contribution in [1.29, 1.82) is 0 Å². The normalized spacial score (nSPS) is 22.5. The third-order valence-corrected chi connectivity index (χ3v) is 7.46. The minimum atomic E-state index is -0.174. The first-order chi connectivity index (χ1) is 14.5. The smallest absolute Gasteiger partial charge is 0.274 e. The maximum Gasteiger partial charge on any atom is 0.274 e. The van der Waals surface area contributed by atoms with Crippen LogP contribution < -0.4 is 5.32 Å². The van der Waals surface area contributed by atoms with Gasteiger partial charge in [-0.05, 0) is 49.8 Å². The summed E-state index contributed by atoms with van der Waals surface area (Å²) in [6, 6.07) is 13.8. The number of hydrogen-bond acceptors (Lipinski definition) is 5. The van der Waals surface area contributed by atoms with E-state index in [2.05, 4.69) is 20.2 Å². The van der Waals surface area contributed by atoms with E-state index in [-0.39, 0.29) is 11.4 Å². The van der Waals surface area contributed by atoms with Crippen molar-refractivity contribution < 1.29 is 4.79 Å². The molecule has 30 heavy (non-hydrogen) atoms. The summed E-state index contributed by atoms with van der Waals surface area (Å²) in [5.41, 5.74) is 1.46. The molecule has 3 aliphatic rings. The second-order valence-electron chi connectivity index (χ2n) is 8.24. The largest absolute Gasteiger partial charge is 0.368 e. The molecule has 0 atom stereocenters. The van der Waals surface area contributed by atoms with Crippen LogP contribution in [0.3, 0.4) is 0 Å². The SMILES string of the molecule is Cc1nc(C(=O)N2CCC3CC2(CNc2ccc(Cl)cn2)C3)c(-c2ccccc2)s1. The summed E-state index contributed by atoms with van der Waals surface area (Å²) in [6.45, 7) is 3.44. The highest BCUT2D eigenvalue weighted by atomic mass is 35.5. The number of anilines is 1. The third-order valence-electron chi connectivity index (χ3n) is 6.21. The van der Waals surface area contributed by atoms with Gasteiger partial charge in [-0.2, -0.15) is 0 Å². The zero-order valence-corrected chi connectivity index (χ0v) is 18.3. The zero-order valence-electron chi connectivity index (χ0n) is 16.8. The second kappa shape index (κ2) is 7.67. The summed E-state index contributed by atoms with van der Waals surface area (Å²) < 4.78 is 0. The lowest BCUT2D eigenvalue weighted by molar-refractivity contribution is -0.0489. The Morgan fingerprint density at radius 2 is 2.07 bits per heavy atom. The Labute approximate surface area is 185 Å². The molecule has 1 aromatic carbocycles. The molecular formula is C23H23ClN4OS. The number of benzene rings is 1. The fourth-order valence-corrected chi connectivity index (χ4v) is 5.79. The number of nitrogens with one attached hydrogen (secondary N) is 1. The number of aryl methyl sites for hydroxylation is 1. The van der Waals surface area contributed by atoms with E-state index in [1.807, 2.05) is 49.4 Å². The summed E-state index contributed by atoms with van der Waals surface area (Å²) in [7, 11) is 0. The highest BCUT2D eigenvalue weighted by molar-refractivity contribution is 7.15. The summed E-state index contributed by atoms with van der Waals surface area (Å²) >= 11 is 7.53. The third kappa shape index (κ3) is 3.48. The lowest BCUT2D eigenvalue weighted by Crippen LogP contribution is -2.67. The maximum atomic E-state index is 13.7. The molecule has 2 saturated heterocycles. The summed E-state index contributed by atoms with van der Waals surface area (Å²) in [6.07, 6.45) is 4.77. The molecule has 2 aromatic heterocycles. The molecule has 3 fully saturated rings. The molecule has 2 bridgehead atoms. The van der Waals surface area contributed by atoms with Gasteiger partial charge in [0.1, 0.15) is 11.5 Å². The van der Waals surface area contributed by atoms with Gasteiger partial charge in [-0.3, -0.25) is 4.79 Å². The molecule has 2 aliphatic heterocycles. The van der Waals surface area contributed by atoms with Gasteiger partial charge >= 0.3 is 0 Å². The fourth-order valence-electron chi connectivity index (χ4n) is 4.77. The number of carbonyl (C=O) groups is 1. The van der Waals surface area contributed by atoms with Crippen molar-refractivity contribution in [3.05, 3.63) is 64.4 Å². The Balaban J connectivity index is 1.41. The fraction of sp³-hybridized carbons (Fsp3) is 0.348. The summed E-state index contributed by atoms with van der Waals surface area (Å²) in [5.74, 6) is 1.53. The molecular weight excluding hydrogens is 416 g/mol. The van der Waals surface area contributed by atoms with Gasteiger partial charge in [0.25, 0.3) is 5.91 Å². The first-order valence-corrected chi connectivity index (χ1v) is 11.4. The monoisotopic (exact) mass is 438 g/mol. The van der Waals surface area contributed by atoms with Crippen LogP contribution in [0.1, 0.15) is 34.8 Å². The van der Waals surface area contributed by atoms with Crippen molar-refractivity contribution in [2.75, 3.05) is 18.4 Å². The molecule has 1 N–H and O–H groups in total. The van der Waals surface area contributed by atoms with Crippen LogP contribution in [-0.2, 0) is 0 Å². The van der Waals surface area contributed by atoms with Crippen molar-refractivity contribution in [3.63, 3.8) is 0 Å². The van der Waals surface area contributed by atoms with Gasteiger partial charge in [0.15, 0.2) is 0 Å². The molecule has 0 unspecified atom stereocenters. The average Bonchev–Trinajstić information content (AvgIpc) is 3.14. The quantitative estimate of drug-likeness (QED) is 0.589. The first-order valence-electron chi connectivity index (χ1n) is 10.2. The van der Waals surface area contributed by atoms with Gasteiger partial charge in [0, 0.05) is 19.3 Å². The standard InChI is InChI=1S/C23H23ClN4OS/c1-15-27-20(21(30-15)17-5-3-2-4-6-17)22(29)28-10-9-16-11-23(28,12-16)14-26-19-8-7-18(24)13-25-19/h2-8,13,16H,9-12,14H2,1H3,(H,25,26). The van der Waals surface area contributed by atoms with E-state index in [1.165, 1.54) is 0 Å². The van der Waals surface area contributed by atoms with Crippen LogP contribution in [-0.4, -0.2) is 39.4 Å². The van der Waals surface area contributed by atoms with Crippen molar-refractivity contribution >= 4 is 34.7 Å². The number of nitrogens with zero attached hydrogens (tertiary/aromatic N) is 3. The van der Waals surface area contributed by atoms with Gasteiger partial charge < -0.3 is 10.2 Å². The number of pyridine rings is 1. The van der Waals surface area contributed by atoms with Crippen molar-refractivity contribution in [3.8, 4) is 10.4 Å². The number of rotatable bonds is 5. The Bertz CT molecular complexity index is 1060. The highest BCUT2D eigenvalue weighted by Gasteiger charge is 2.54. The Hall–Kier alpha value is -2.44. The minimum Gasteiger partial charge on any atom is -0.368 e. The summed E-state index contributed by atoms with van der Waals surface area (Å²) in [5, 5.41) is 4.96. The van der Waals surface area contributed by atoms with E-state index < -0.39 is 0 Å². The van der Waals surface area contributed by atoms with Gasteiger partial charge in [-0.1, -0.05) is 41.9 Å². The van der Waals surface area contributed by atoms with Gasteiger partial charge in [-0.25, -0.2) is 9.97 Å². The number of carbonyl (C=O) groups excluding carboxylic acids is 1. The molecule has 3 aromatic rings. The van der Waals surface area contributed by atoms with E-state index in [9.17, 15) is 4.79 Å². The van der Waals surface area contributed by atoms with E-state index in [0.29, 0.717) is 23.2 Å². The van der Waals surface area contributed by atoms with Crippen LogP contribution in [0.4, 0.5) is 5.82 Å². The first kappa shape index (κ1) is 19.5. The minimum absolute atomic E-state index is 0.0437. The predicted octanol–water partition coefficient (Wildman–Crippen LogP) is 5.27. The maximum absolute atomic E-state index is 13.7. The molecule has 6 rings (SSSR count). The Morgan fingerprint density at radius 3 is 2.80 bits per heavy atom. The van der Waals surface area contributed by atoms with Crippen molar-refractivity contribution in [2.45, 2.75) is 31.7 Å². The number of aromatic nitrogens is 2. The molecule has 1 amide bonds. The summed E-state index contributed by atoms with van der Waals surface area (Å²) in [4.78, 5) is 25.7. The van der Waals surface area contributed by atoms with Crippen LogP contribution in [0, 0.1) is 12.8 Å². The lowest BCUT2D eigenvalue weighted by atomic mass is 9.62. The van der Waals surface area contributed by atoms with E-state index in [0.717, 1.165) is 47.1 Å². The number of hydrogen-bond donors (Lipinski definition) is 1. The molecule has 1 aliphatic carbocycles. The van der Waals surface area contributed by atoms with Gasteiger partial charge in [0.2, 0.25) is 0 Å². The molecule has 4 heterocycles. The molecule has 5 nitrogen and oxygen atoms in total. The molecule has 0 radical (unpaired) electrons. The van der Waals surface area contributed by atoms with E-state index >= 15 is 0 Å². The highest BCUT2D eigenvalue weighted by Crippen LogP contribution is 2.49. The average molecular weight is 439 g/mol. The number of fused-ring (bicyclic) bond motifs is 2.